The van der Waals surface area contributed by atoms with Crippen molar-refractivity contribution in [1.82, 2.24) is 20.2 Å². The summed E-state index contributed by atoms with van der Waals surface area (Å²) >= 11 is 0. The van der Waals surface area contributed by atoms with E-state index in [9.17, 15) is 0 Å². The van der Waals surface area contributed by atoms with Crippen LogP contribution in [0.25, 0.3) is 0 Å². The van der Waals surface area contributed by atoms with Gasteiger partial charge in [0.1, 0.15) is 0 Å². The van der Waals surface area contributed by atoms with Crippen LogP contribution in [0.1, 0.15) is 29.7 Å². The number of hydrogen-bond donors (Lipinski definition) is 2. The zero-order valence-electron chi connectivity index (χ0n) is 10.8. The third kappa shape index (κ3) is 2.75. The number of aryl methyl sites for hydroxylation is 2. The molecule has 18 heavy (non-hydrogen) atoms. The molecule has 3 N–H and O–H groups in total. The normalized spacial score (nSPS) is 12.6. The first-order valence-electron chi connectivity index (χ1n) is 6.12. The minimum Gasteiger partial charge on any atom is -0.273 e. The summed E-state index contributed by atoms with van der Waals surface area (Å²) in [4.78, 5) is 4.16. The zero-order chi connectivity index (χ0) is 13.0. The van der Waals surface area contributed by atoms with Crippen LogP contribution in [0.3, 0.4) is 0 Å². The Labute approximate surface area is 107 Å². The lowest BCUT2D eigenvalue weighted by Crippen LogP contribution is -2.30. The molecule has 0 spiro atoms. The number of rotatable bonds is 5. The number of aromatic nitrogens is 3. The minimum absolute atomic E-state index is 0.0632. The molecule has 5 heteroatoms. The second kappa shape index (κ2) is 5.75. The van der Waals surface area contributed by atoms with Crippen molar-refractivity contribution >= 4 is 0 Å². The van der Waals surface area contributed by atoms with Crippen LogP contribution in [-0.4, -0.2) is 14.8 Å². The summed E-state index contributed by atoms with van der Waals surface area (Å²) < 4.78 is 1.92. The maximum absolute atomic E-state index is 5.66. The van der Waals surface area contributed by atoms with Gasteiger partial charge in [-0.05, 0) is 43.0 Å². The summed E-state index contributed by atoms with van der Waals surface area (Å²) in [5.74, 6) is 5.66. The molecule has 2 rings (SSSR count). The smallest absolute Gasteiger partial charge is 0.0522 e. The van der Waals surface area contributed by atoms with Crippen LogP contribution in [0.4, 0.5) is 0 Å². The van der Waals surface area contributed by atoms with Crippen molar-refractivity contribution in [2.75, 3.05) is 0 Å². The van der Waals surface area contributed by atoms with E-state index >= 15 is 0 Å². The topological polar surface area (TPSA) is 68.8 Å². The Morgan fingerprint density at radius 3 is 2.89 bits per heavy atom. The highest BCUT2D eigenvalue weighted by atomic mass is 15.3. The van der Waals surface area contributed by atoms with Gasteiger partial charge < -0.3 is 0 Å². The number of nitrogens with zero attached hydrogens (tertiary/aromatic N) is 3. The summed E-state index contributed by atoms with van der Waals surface area (Å²) in [5.41, 5.74) is 6.35. The predicted octanol–water partition coefficient (Wildman–Crippen LogP) is 1.35. The lowest BCUT2D eigenvalue weighted by molar-refractivity contribution is 0.547. The zero-order valence-corrected chi connectivity index (χ0v) is 10.8. The maximum atomic E-state index is 5.66. The number of hydrazine groups is 1. The van der Waals surface area contributed by atoms with Crippen LogP contribution in [0.2, 0.25) is 0 Å². The van der Waals surface area contributed by atoms with Crippen molar-refractivity contribution in [1.29, 1.82) is 0 Å². The lowest BCUT2D eigenvalue weighted by Gasteiger charge is -2.17. The van der Waals surface area contributed by atoms with E-state index in [1.165, 1.54) is 11.1 Å². The summed E-state index contributed by atoms with van der Waals surface area (Å²) in [7, 11) is 0. The molecule has 0 saturated carbocycles. The average Bonchev–Trinajstić information content (AvgIpc) is 2.85. The molecule has 0 aromatic carbocycles. The highest BCUT2D eigenvalue weighted by molar-refractivity contribution is 5.26. The Kier molecular flexibility index (Phi) is 4.07. The van der Waals surface area contributed by atoms with E-state index in [0.29, 0.717) is 0 Å². The number of pyridine rings is 1. The van der Waals surface area contributed by atoms with Crippen LogP contribution in [0.15, 0.2) is 30.9 Å². The van der Waals surface area contributed by atoms with Crippen molar-refractivity contribution in [3.8, 4) is 0 Å². The molecule has 0 bridgehead atoms. The van der Waals surface area contributed by atoms with Crippen LogP contribution in [0, 0.1) is 6.92 Å². The molecular formula is C13H19N5. The fourth-order valence-electron chi connectivity index (χ4n) is 2.02. The van der Waals surface area contributed by atoms with E-state index in [2.05, 4.69) is 35.6 Å². The fraction of sp³-hybridized carbons (Fsp3) is 0.385. The van der Waals surface area contributed by atoms with Crippen LogP contribution < -0.4 is 11.3 Å². The van der Waals surface area contributed by atoms with Crippen molar-refractivity contribution in [2.45, 2.75) is 32.9 Å². The highest BCUT2D eigenvalue weighted by Gasteiger charge is 2.14. The van der Waals surface area contributed by atoms with Crippen LogP contribution >= 0.6 is 0 Å². The molecular weight excluding hydrogens is 226 g/mol. The standard InChI is InChI=1S/C13H19N5/c1-3-18-9-11(7-16-18)6-13(17-14)12-8-15-5-4-10(12)2/h4-5,7-9,13,17H,3,6,14H2,1-2H3. The molecule has 0 aliphatic rings. The summed E-state index contributed by atoms with van der Waals surface area (Å²) in [6.07, 6.45) is 8.41. The van der Waals surface area contributed by atoms with Crippen molar-refractivity contribution in [3.63, 3.8) is 0 Å². The third-order valence-electron chi connectivity index (χ3n) is 3.11. The number of hydrogen-bond acceptors (Lipinski definition) is 4. The molecule has 1 atom stereocenters. The Morgan fingerprint density at radius 1 is 1.44 bits per heavy atom. The van der Waals surface area contributed by atoms with E-state index in [-0.39, 0.29) is 6.04 Å². The summed E-state index contributed by atoms with van der Waals surface area (Å²) in [6.45, 7) is 5.02. The maximum Gasteiger partial charge on any atom is 0.0522 e. The van der Waals surface area contributed by atoms with Crippen LogP contribution in [-0.2, 0) is 13.0 Å². The van der Waals surface area contributed by atoms with Crippen LogP contribution in [0.5, 0.6) is 0 Å². The minimum atomic E-state index is 0.0632. The molecule has 0 aliphatic heterocycles. The predicted molar refractivity (Wildman–Crippen MR) is 70.6 cm³/mol. The fourth-order valence-corrected chi connectivity index (χ4v) is 2.02. The molecule has 1 unspecified atom stereocenters. The molecule has 5 nitrogen and oxygen atoms in total. The van der Waals surface area contributed by atoms with Gasteiger partial charge in [0.05, 0.1) is 12.2 Å². The molecule has 0 amide bonds. The Hall–Kier alpha value is -1.72. The third-order valence-corrected chi connectivity index (χ3v) is 3.11. The van der Waals surface area contributed by atoms with Gasteiger partial charge in [-0.3, -0.25) is 20.9 Å². The first kappa shape index (κ1) is 12.7. The van der Waals surface area contributed by atoms with Crippen molar-refractivity contribution in [3.05, 3.63) is 47.5 Å². The van der Waals surface area contributed by atoms with Gasteiger partial charge in [0.2, 0.25) is 0 Å². The Balaban J connectivity index is 2.17. The van der Waals surface area contributed by atoms with E-state index in [0.717, 1.165) is 18.5 Å². The van der Waals surface area contributed by atoms with E-state index in [1.807, 2.05) is 23.1 Å². The van der Waals surface area contributed by atoms with Gasteiger partial charge in [-0.1, -0.05) is 0 Å². The highest BCUT2D eigenvalue weighted by Crippen LogP contribution is 2.19. The molecule has 2 aromatic rings. The molecule has 0 saturated heterocycles. The Morgan fingerprint density at radius 2 is 2.28 bits per heavy atom. The molecule has 0 aliphatic carbocycles. The monoisotopic (exact) mass is 245 g/mol. The molecule has 0 fully saturated rings. The average molecular weight is 245 g/mol. The first-order chi connectivity index (χ1) is 8.74. The second-order valence-electron chi connectivity index (χ2n) is 4.36. The molecule has 96 valence electrons. The molecule has 0 radical (unpaired) electrons. The van der Waals surface area contributed by atoms with Gasteiger partial charge in [-0.2, -0.15) is 5.10 Å². The first-order valence-corrected chi connectivity index (χ1v) is 6.12. The SMILES string of the molecule is CCn1cc(CC(NN)c2cnccc2C)cn1. The van der Waals surface area contributed by atoms with E-state index < -0.39 is 0 Å². The van der Waals surface area contributed by atoms with Crippen molar-refractivity contribution < 1.29 is 0 Å². The van der Waals surface area contributed by atoms with E-state index in [1.54, 1.807) is 6.20 Å². The summed E-state index contributed by atoms with van der Waals surface area (Å²) in [5, 5.41) is 4.27. The van der Waals surface area contributed by atoms with E-state index in [4.69, 9.17) is 5.84 Å². The van der Waals surface area contributed by atoms with Gasteiger partial charge in [-0.15, -0.1) is 0 Å². The van der Waals surface area contributed by atoms with Gasteiger partial charge in [0.25, 0.3) is 0 Å². The molecule has 2 heterocycles. The number of nitrogens with two attached hydrogens (primary N) is 1. The summed E-state index contributed by atoms with van der Waals surface area (Å²) in [6, 6.07) is 2.06. The largest absolute Gasteiger partial charge is 0.273 e. The van der Waals surface area contributed by atoms with Gasteiger partial charge in [0.15, 0.2) is 0 Å². The quantitative estimate of drug-likeness (QED) is 0.616. The molecule has 2 aromatic heterocycles. The Bertz CT molecular complexity index is 506. The van der Waals surface area contributed by atoms with Gasteiger partial charge >= 0.3 is 0 Å². The van der Waals surface area contributed by atoms with Gasteiger partial charge in [-0.25, -0.2) is 0 Å². The van der Waals surface area contributed by atoms with Crippen molar-refractivity contribution in [2.24, 2.45) is 5.84 Å². The van der Waals surface area contributed by atoms with Gasteiger partial charge in [0, 0.05) is 25.1 Å². The number of nitrogens with one attached hydrogen (secondary N) is 1. The second-order valence-corrected chi connectivity index (χ2v) is 4.36. The lowest BCUT2D eigenvalue weighted by atomic mass is 9.99.